The molecule has 1 aliphatic rings. The van der Waals surface area contributed by atoms with E-state index in [1.807, 2.05) is 58.0 Å². The Balaban J connectivity index is 1.67. The van der Waals surface area contributed by atoms with Crippen molar-refractivity contribution >= 4 is 29.8 Å². The second kappa shape index (κ2) is 14.3. The molecule has 2 amide bonds. The number of amides is 2. The molecular formula is C36H37N3O5. The van der Waals surface area contributed by atoms with Gasteiger partial charge in [-0.2, -0.15) is 0 Å². The Morgan fingerprint density at radius 1 is 1.05 bits per heavy atom. The molecule has 0 aliphatic carbocycles. The van der Waals surface area contributed by atoms with E-state index in [0.717, 1.165) is 6.42 Å². The van der Waals surface area contributed by atoms with Crippen LogP contribution >= 0.6 is 0 Å². The van der Waals surface area contributed by atoms with Gasteiger partial charge in [-0.25, -0.2) is 9.79 Å². The van der Waals surface area contributed by atoms with Gasteiger partial charge in [0.2, 0.25) is 11.8 Å². The van der Waals surface area contributed by atoms with Gasteiger partial charge >= 0.3 is 5.97 Å². The molecule has 0 aromatic heterocycles. The fourth-order valence-corrected chi connectivity index (χ4v) is 4.68. The maximum absolute atomic E-state index is 14.1. The molecule has 0 bridgehead atoms. The maximum Gasteiger partial charge on any atom is 0.363 e. The first-order valence-corrected chi connectivity index (χ1v) is 14.6. The summed E-state index contributed by atoms with van der Waals surface area (Å²) in [6, 6.07) is 22.2. The van der Waals surface area contributed by atoms with E-state index in [-0.39, 0.29) is 30.0 Å². The van der Waals surface area contributed by atoms with Gasteiger partial charge in [0.25, 0.3) is 5.91 Å². The van der Waals surface area contributed by atoms with Crippen LogP contribution in [0.3, 0.4) is 0 Å². The van der Waals surface area contributed by atoms with Gasteiger partial charge in [0.15, 0.2) is 5.70 Å². The van der Waals surface area contributed by atoms with Crippen molar-refractivity contribution in [2.75, 3.05) is 13.2 Å². The molecule has 4 rings (SSSR count). The lowest BCUT2D eigenvalue weighted by molar-refractivity contribution is -0.130. The molecule has 3 aromatic rings. The number of rotatable bonds is 11. The number of nitrogens with one attached hydrogen (secondary N) is 1. The summed E-state index contributed by atoms with van der Waals surface area (Å²) in [6.07, 6.45) is 8.56. The summed E-state index contributed by atoms with van der Waals surface area (Å²) in [5, 5.41) is 3.04. The minimum atomic E-state index is -0.969. The number of carbonyl (C=O) groups is 3. The number of nitrogens with zero attached hydrogens (tertiary/aromatic N) is 2. The van der Waals surface area contributed by atoms with E-state index in [1.165, 1.54) is 0 Å². The maximum atomic E-state index is 14.1. The molecule has 8 heteroatoms. The molecule has 226 valence electrons. The lowest BCUT2D eigenvalue weighted by Crippen LogP contribution is -2.49. The number of benzene rings is 3. The predicted octanol–water partition coefficient (Wildman–Crippen LogP) is 5.94. The Labute approximate surface area is 258 Å². The molecular weight excluding hydrogens is 554 g/mol. The minimum absolute atomic E-state index is 0.0227. The van der Waals surface area contributed by atoms with Crippen LogP contribution in [0.15, 0.2) is 89.6 Å². The van der Waals surface area contributed by atoms with Crippen LogP contribution < -0.4 is 10.1 Å². The third kappa shape index (κ3) is 8.01. The number of cyclic esters (lactones) is 1. The zero-order chi connectivity index (χ0) is 31.7. The van der Waals surface area contributed by atoms with Gasteiger partial charge in [-0.3, -0.25) is 9.59 Å². The van der Waals surface area contributed by atoms with Crippen LogP contribution in [0.5, 0.6) is 5.75 Å². The highest BCUT2D eigenvalue weighted by Gasteiger charge is 2.35. The van der Waals surface area contributed by atoms with E-state index in [2.05, 4.69) is 16.2 Å². The quantitative estimate of drug-likeness (QED) is 0.169. The predicted molar refractivity (Wildman–Crippen MR) is 171 cm³/mol. The van der Waals surface area contributed by atoms with Gasteiger partial charge in [0.05, 0.1) is 0 Å². The number of hydrogen-bond acceptors (Lipinski definition) is 6. The second-order valence-electron chi connectivity index (χ2n) is 11.3. The number of terminal acetylenes is 1. The van der Waals surface area contributed by atoms with E-state index >= 15 is 0 Å². The van der Waals surface area contributed by atoms with E-state index < -0.39 is 17.6 Å². The van der Waals surface area contributed by atoms with Crippen molar-refractivity contribution in [3.05, 3.63) is 107 Å². The van der Waals surface area contributed by atoms with Crippen molar-refractivity contribution in [1.82, 2.24) is 10.2 Å². The van der Waals surface area contributed by atoms with Gasteiger partial charge in [-0.05, 0) is 69.2 Å². The summed E-state index contributed by atoms with van der Waals surface area (Å²) < 4.78 is 11.1. The Morgan fingerprint density at radius 3 is 2.39 bits per heavy atom. The van der Waals surface area contributed by atoms with Crippen LogP contribution in [0.2, 0.25) is 0 Å². The number of para-hydroxylation sites is 1. The molecule has 0 saturated heterocycles. The highest BCUT2D eigenvalue weighted by atomic mass is 16.6. The Bertz CT molecular complexity index is 1600. The third-order valence-corrected chi connectivity index (χ3v) is 6.70. The molecule has 8 nitrogen and oxygen atoms in total. The zero-order valence-electron chi connectivity index (χ0n) is 25.5. The van der Waals surface area contributed by atoms with E-state index in [0.29, 0.717) is 41.0 Å². The standard InChI is InChI=1S/C36H37N3O5/c1-6-8-22-39(31(32(40)38-36(3,4)5)28-16-12-13-17-30(28)43-23-7-2)34(41)27-20-18-25(19-21-27)24-29-35(42)44-33(37-29)26-14-10-9-11-15-26/h2,9-21,24,31H,6,8,22-23H2,1,3-5H3,(H,38,40)/b29-24+. The fraction of sp³-hybridized carbons (Fsp3) is 0.278. The summed E-state index contributed by atoms with van der Waals surface area (Å²) in [6.45, 7) is 8.06. The van der Waals surface area contributed by atoms with Gasteiger partial charge in [-0.1, -0.05) is 67.8 Å². The zero-order valence-corrected chi connectivity index (χ0v) is 25.5. The minimum Gasteiger partial charge on any atom is -0.481 e. The normalized spacial score (nSPS) is 14.3. The molecule has 1 unspecified atom stereocenters. The van der Waals surface area contributed by atoms with Crippen LogP contribution in [0.1, 0.15) is 73.6 Å². The van der Waals surface area contributed by atoms with Gasteiger partial charge in [-0.15, -0.1) is 6.42 Å². The molecule has 0 saturated carbocycles. The average molecular weight is 592 g/mol. The number of ether oxygens (including phenoxy) is 2. The Hall–Kier alpha value is -5.16. The summed E-state index contributed by atoms with van der Waals surface area (Å²) in [7, 11) is 0. The molecule has 3 aromatic carbocycles. The first-order chi connectivity index (χ1) is 21.1. The summed E-state index contributed by atoms with van der Waals surface area (Å²) in [4.78, 5) is 46.4. The number of hydrogen-bond donors (Lipinski definition) is 1. The molecule has 1 aliphatic heterocycles. The Morgan fingerprint density at radius 2 is 1.73 bits per heavy atom. The molecule has 0 fully saturated rings. The molecule has 44 heavy (non-hydrogen) atoms. The van der Waals surface area contributed by atoms with Crippen LogP contribution in [0, 0.1) is 12.3 Å². The van der Waals surface area contributed by atoms with Gasteiger partial charge < -0.3 is 19.7 Å². The summed E-state index contributed by atoms with van der Waals surface area (Å²) >= 11 is 0. The summed E-state index contributed by atoms with van der Waals surface area (Å²) in [5.74, 6) is 1.95. The highest BCUT2D eigenvalue weighted by molar-refractivity contribution is 6.12. The third-order valence-electron chi connectivity index (χ3n) is 6.70. The average Bonchev–Trinajstić information content (AvgIpc) is 3.37. The largest absolute Gasteiger partial charge is 0.481 e. The topological polar surface area (TPSA) is 97.3 Å². The van der Waals surface area contributed by atoms with Crippen molar-refractivity contribution in [3.8, 4) is 18.1 Å². The van der Waals surface area contributed by atoms with Crippen molar-refractivity contribution in [2.24, 2.45) is 4.99 Å². The SMILES string of the molecule is C#CCOc1ccccc1C(C(=O)NC(C)(C)C)N(CCCC)C(=O)c1ccc(/C=C2/N=C(c3ccccc3)OC2=O)cc1. The van der Waals surface area contributed by atoms with Crippen molar-refractivity contribution in [2.45, 2.75) is 52.1 Å². The fourth-order valence-electron chi connectivity index (χ4n) is 4.68. The first-order valence-electron chi connectivity index (χ1n) is 14.6. The number of esters is 1. The molecule has 0 radical (unpaired) electrons. The van der Waals surface area contributed by atoms with Crippen LogP contribution in [0.25, 0.3) is 6.08 Å². The van der Waals surface area contributed by atoms with Gasteiger partial charge in [0.1, 0.15) is 18.4 Å². The van der Waals surface area contributed by atoms with Crippen molar-refractivity contribution < 1.29 is 23.9 Å². The van der Waals surface area contributed by atoms with Crippen LogP contribution in [-0.4, -0.2) is 47.3 Å². The number of carbonyl (C=O) groups excluding carboxylic acids is 3. The lowest BCUT2D eigenvalue weighted by atomic mass is 9.99. The number of aliphatic imine (C=N–C) groups is 1. The van der Waals surface area contributed by atoms with Crippen molar-refractivity contribution in [1.29, 1.82) is 0 Å². The van der Waals surface area contributed by atoms with E-state index in [1.54, 1.807) is 59.5 Å². The van der Waals surface area contributed by atoms with Crippen molar-refractivity contribution in [3.63, 3.8) is 0 Å². The van der Waals surface area contributed by atoms with E-state index in [4.69, 9.17) is 15.9 Å². The lowest BCUT2D eigenvalue weighted by Gasteiger charge is -2.34. The van der Waals surface area contributed by atoms with Gasteiger partial charge in [0, 0.05) is 28.8 Å². The Kier molecular flexibility index (Phi) is 10.4. The second-order valence-corrected chi connectivity index (χ2v) is 11.3. The highest BCUT2D eigenvalue weighted by Crippen LogP contribution is 2.32. The smallest absolute Gasteiger partial charge is 0.363 e. The van der Waals surface area contributed by atoms with Crippen LogP contribution in [0.4, 0.5) is 0 Å². The van der Waals surface area contributed by atoms with E-state index in [9.17, 15) is 14.4 Å². The molecule has 1 atom stereocenters. The molecule has 1 heterocycles. The number of unbranched alkanes of at least 4 members (excludes halogenated alkanes) is 1. The molecule has 1 N–H and O–H groups in total. The molecule has 0 spiro atoms. The monoisotopic (exact) mass is 591 g/mol. The first kappa shape index (κ1) is 31.8. The van der Waals surface area contributed by atoms with Crippen LogP contribution in [-0.2, 0) is 14.3 Å². The summed E-state index contributed by atoms with van der Waals surface area (Å²) in [5.41, 5.74) is 1.93.